The number of carbonyl (C=O) groups excluding carboxylic acids is 1. The average molecular weight is 542 g/mol. The first-order valence-electron chi connectivity index (χ1n) is 11.3. The third kappa shape index (κ3) is 5.14. The third-order valence-corrected chi connectivity index (χ3v) is 6.29. The Morgan fingerprint density at radius 2 is 1.45 bits per heavy atom. The van der Waals surface area contributed by atoms with Crippen LogP contribution in [0.15, 0.2) is 52.9 Å². The molecule has 0 aliphatic rings. The fourth-order valence-electron chi connectivity index (χ4n) is 4.08. The zero-order valence-electron chi connectivity index (χ0n) is 21.7. The van der Waals surface area contributed by atoms with Gasteiger partial charge in [0.15, 0.2) is 28.8 Å². The molecule has 0 aliphatic heterocycles. The van der Waals surface area contributed by atoms with Crippen molar-refractivity contribution < 1.29 is 46.9 Å². The molecule has 0 fully saturated rings. The number of carbonyl (C=O) groups is 1. The molecule has 11 heteroatoms. The molecule has 4 rings (SSSR count). The number of methoxy groups -OCH3 is 5. The number of hydrogen-bond acceptors (Lipinski definition) is 9. The summed E-state index contributed by atoms with van der Waals surface area (Å²) >= 11 is 0. The van der Waals surface area contributed by atoms with Gasteiger partial charge in [-0.05, 0) is 42.0 Å². The van der Waals surface area contributed by atoms with E-state index in [1.807, 2.05) is 0 Å². The van der Waals surface area contributed by atoms with Crippen molar-refractivity contribution in [3.63, 3.8) is 0 Å². The summed E-state index contributed by atoms with van der Waals surface area (Å²) in [5.74, 6) is 1.32. The summed E-state index contributed by atoms with van der Waals surface area (Å²) in [5, 5.41) is 0.612. The van der Waals surface area contributed by atoms with E-state index in [2.05, 4.69) is 0 Å². The minimum atomic E-state index is -3.91. The number of ketones is 1. The Balaban J connectivity index is 1.97. The first-order chi connectivity index (χ1) is 18.1. The van der Waals surface area contributed by atoms with Crippen LogP contribution in [0.25, 0.3) is 22.1 Å². The second kappa shape index (κ2) is 10.7. The first-order valence-corrected chi connectivity index (χ1v) is 13.3. The summed E-state index contributed by atoms with van der Waals surface area (Å²) in [6, 6.07) is 13.0. The maximum atomic E-state index is 13.9. The van der Waals surface area contributed by atoms with Crippen molar-refractivity contribution in [2.24, 2.45) is 0 Å². The molecule has 200 valence electrons. The van der Waals surface area contributed by atoms with Gasteiger partial charge in [-0.15, -0.1) is 0 Å². The van der Waals surface area contributed by atoms with Gasteiger partial charge in [0, 0.05) is 29.2 Å². The first kappa shape index (κ1) is 26.9. The van der Waals surface area contributed by atoms with Crippen LogP contribution in [-0.2, 0) is 4.57 Å². The summed E-state index contributed by atoms with van der Waals surface area (Å²) in [6.45, 7) is 1.07. The van der Waals surface area contributed by atoms with E-state index >= 15 is 0 Å². The van der Waals surface area contributed by atoms with Gasteiger partial charge in [-0.3, -0.25) is 4.79 Å². The van der Waals surface area contributed by atoms with Crippen molar-refractivity contribution in [3.05, 3.63) is 59.9 Å². The normalized spacial score (nSPS) is 12.5. The van der Waals surface area contributed by atoms with E-state index < -0.39 is 13.4 Å². The van der Waals surface area contributed by atoms with E-state index in [-0.39, 0.29) is 22.8 Å². The number of ether oxygens (including phenoxy) is 5. The summed E-state index contributed by atoms with van der Waals surface area (Å²) in [5.41, 5.74) is 1.56. The molecule has 0 amide bonds. The lowest BCUT2D eigenvalue weighted by Crippen LogP contribution is -2.04. The Hall–Kier alpha value is -4.14. The summed E-state index contributed by atoms with van der Waals surface area (Å²) in [6.07, 6.45) is 0. The molecule has 10 nitrogen and oxygen atoms in total. The number of rotatable bonds is 10. The van der Waals surface area contributed by atoms with Crippen LogP contribution in [0, 0.1) is 0 Å². The Labute approximate surface area is 219 Å². The molecule has 0 bridgehead atoms. The molecule has 1 unspecified atom stereocenters. The highest BCUT2D eigenvalue weighted by molar-refractivity contribution is 7.52. The van der Waals surface area contributed by atoms with E-state index in [0.717, 1.165) is 6.66 Å². The smallest absolute Gasteiger partial charge is 0.373 e. The largest absolute Gasteiger partial charge is 0.497 e. The lowest BCUT2D eigenvalue weighted by molar-refractivity contribution is 0.101. The molecular weight excluding hydrogens is 515 g/mol. The van der Waals surface area contributed by atoms with Crippen molar-refractivity contribution in [2.45, 2.75) is 0 Å². The number of benzene rings is 3. The van der Waals surface area contributed by atoms with Gasteiger partial charge in [0.1, 0.15) is 11.3 Å². The molecule has 0 aliphatic carbocycles. The minimum absolute atomic E-state index is 0.0160. The zero-order chi connectivity index (χ0) is 27.6. The van der Waals surface area contributed by atoms with E-state index in [1.165, 1.54) is 53.7 Å². The number of fused-ring (bicyclic) bond motifs is 1. The Morgan fingerprint density at radius 3 is 2.00 bits per heavy atom. The van der Waals surface area contributed by atoms with Crippen LogP contribution < -0.4 is 28.2 Å². The van der Waals surface area contributed by atoms with Gasteiger partial charge >= 0.3 is 7.60 Å². The highest BCUT2D eigenvalue weighted by Crippen LogP contribution is 2.46. The maximum absolute atomic E-state index is 13.9. The van der Waals surface area contributed by atoms with E-state index in [1.54, 1.807) is 30.3 Å². The van der Waals surface area contributed by atoms with Gasteiger partial charge in [-0.1, -0.05) is 6.07 Å². The Morgan fingerprint density at radius 1 is 0.789 bits per heavy atom. The van der Waals surface area contributed by atoms with E-state index in [9.17, 15) is 14.3 Å². The Kier molecular flexibility index (Phi) is 7.57. The summed E-state index contributed by atoms with van der Waals surface area (Å²) in [4.78, 5) is 23.8. The standard InChI is InChI=1S/C27H27O10P/c1-31-17-8-9-18-20(14-17)36-27(25(28)16-12-22(33-3)26(35-5)23(13-16)34-4)24(18)15-7-10-19(32-2)21(11-15)37-38(6,29)30/h7-14H,1-6H3,(H,29,30). The van der Waals surface area contributed by atoms with E-state index in [4.69, 9.17) is 32.6 Å². The van der Waals surface area contributed by atoms with Crippen molar-refractivity contribution in [2.75, 3.05) is 42.2 Å². The molecule has 0 radical (unpaired) electrons. The molecule has 1 N–H and O–H groups in total. The van der Waals surface area contributed by atoms with E-state index in [0.29, 0.717) is 45.1 Å². The van der Waals surface area contributed by atoms with Crippen LogP contribution in [0.5, 0.6) is 34.5 Å². The van der Waals surface area contributed by atoms with Gasteiger partial charge in [-0.2, -0.15) is 0 Å². The molecular formula is C27H27O10P. The SMILES string of the molecule is COc1ccc2c(-c3ccc(OC)c(OP(C)(=O)O)c3)c(C(=O)c3cc(OC)c(OC)c(OC)c3)oc2c1. The van der Waals surface area contributed by atoms with Crippen LogP contribution in [0.3, 0.4) is 0 Å². The van der Waals surface area contributed by atoms with Crippen LogP contribution in [-0.4, -0.2) is 52.9 Å². The summed E-state index contributed by atoms with van der Waals surface area (Å²) in [7, 11) is 3.41. The van der Waals surface area contributed by atoms with Crippen molar-refractivity contribution >= 4 is 24.3 Å². The quantitative estimate of drug-likeness (QED) is 0.201. The van der Waals surface area contributed by atoms with Gasteiger partial charge < -0.3 is 37.5 Å². The van der Waals surface area contributed by atoms with Gasteiger partial charge in [0.05, 0.1) is 35.5 Å². The zero-order valence-corrected chi connectivity index (χ0v) is 22.6. The fourth-order valence-corrected chi connectivity index (χ4v) is 4.59. The monoisotopic (exact) mass is 542 g/mol. The van der Waals surface area contributed by atoms with Gasteiger partial charge in [0.25, 0.3) is 0 Å². The fraction of sp³-hybridized carbons (Fsp3) is 0.222. The lowest BCUT2D eigenvalue weighted by atomic mass is 9.97. The molecule has 38 heavy (non-hydrogen) atoms. The molecule has 1 heterocycles. The number of furan rings is 1. The molecule has 4 aromatic rings. The topological polar surface area (TPSA) is 123 Å². The molecule has 1 aromatic heterocycles. The minimum Gasteiger partial charge on any atom is -0.497 e. The van der Waals surface area contributed by atoms with Crippen molar-refractivity contribution in [1.29, 1.82) is 0 Å². The van der Waals surface area contributed by atoms with Gasteiger partial charge in [0.2, 0.25) is 11.5 Å². The van der Waals surface area contributed by atoms with Gasteiger partial charge in [-0.25, -0.2) is 4.57 Å². The molecule has 0 saturated carbocycles. The molecule has 3 aromatic carbocycles. The molecule has 0 spiro atoms. The second-order valence-electron chi connectivity index (χ2n) is 8.17. The second-order valence-corrected chi connectivity index (χ2v) is 9.96. The van der Waals surface area contributed by atoms with Crippen LogP contribution in [0.1, 0.15) is 16.1 Å². The van der Waals surface area contributed by atoms with Crippen molar-refractivity contribution in [1.82, 2.24) is 0 Å². The van der Waals surface area contributed by atoms with Crippen LogP contribution in [0.2, 0.25) is 0 Å². The van der Waals surface area contributed by atoms with Crippen LogP contribution in [0.4, 0.5) is 0 Å². The highest BCUT2D eigenvalue weighted by Gasteiger charge is 2.27. The summed E-state index contributed by atoms with van der Waals surface area (Å²) < 4.78 is 50.2. The Bertz CT molecular complexity index is 1520. The third-order valence-electron chi connectivity index (χ3n) is 5.75. The predicted octanol–water partition coefficient (Wildman–Crippen LogP) is 5.57. The predicted molar refractivity (Wildman–Crippen MR) is 141 cm³/mol. The number of hydrogen-bond donors (Lipinski definition) is 1. The molecule has 0 saturated heterocycles. The lowest BCUT2D eigenvalue weighted by Gasteiger charge is -2.15. The maximum Gasteiger partial charge on any atom is 0.373 e. The highest BCUT2D eigenvalue weighted by atomic mass is 31.2. The van der Waals surface area contributed by atoms with Crippen LogP contribution >= 0.6 is 7.60 Å². The van der Waals surface area contributed by atoms with Crippen molar-refractivity contribution in [3.8, 4) is 45.6 Å². The molecule has 1 atom stereocenters. The average Bonchev–Trinajstić information content (AvgIpc) is 3.29.